The molecule has 3 aromatic rings. The van der Waals surface area contributed by atoms with Crippen molar-refractivity contribution in [2.75, 3.05) is 7.11 Å². The van der Waals surface area contributed by atoms with E-state index in [4.69, 9.17) is 14.2 Å². The third-order valence-electron chi connectivity index (χ3n) is 5.00. The minimum atomic E-state index is -1.33. The van der Waals surface area contributed by atoms with Gasteiger partial charge in [-0.05, 0) is 53.7 Å². The number of hydrogen-bond donors (Lipinski definition) is 0. The molecule has 0 bridgehead atoms. The molecule has 0 fully saturated rings. The van der Waals surface area contributed by atoms with E-state index in [-0.39, 0.29) is 6.54 Å². The molecule has 0 radical (unpaired) electrons. The van der Waals surface area contributed by atoms with Gasteiger partial charge in [-0.15, -0.1) is 0 Å². The average molecular weight is 469 g/mol. The number of carbonyl (C=O) groups is 3. The summed E-state index contributed by atoms with van der Waals surface area (Å²) in [6, 6.07) is 14.2. The van der Waals surface area contributed by atoms with Gasteiger partial charge in [0.05, 0.1) is 13.7 Å². The largest absolute Gasteiger partial charge is 0.467 e. The van der Waals surface area contributed by atoms with Crippen molar-refractivity contribution in [3.05, 3.63) is 48.5 Å². The van der Waals surface area contributed by atoms with Crippen LogP contribution in [0, 0.1) is 0 Å². The van der Waals surface area contributed by atoms with Gasteiger partial charge in [0, 0.05) is 21.8 Å². The van der Waals surface area contributed by atoms with Gasteiger partial charge in [0.1, 0.15) is 11.2 Å². The predicted octanol–water partition coefficient (Wildman–Crippen LogP) is 5.51. The lowest BCUT2D eigenvalue weighted by atomic mass is 10.2. The van der Waals surface area contributed by atoms with Gasteiger partial charge in [0.15, 0.2) is 6.04 Å². The van der Waals surface area contributed by atoms with E-state index in [1.165, 1.54) is 7.11 Å². The zero-order valence-electron chi connectivity index (χ0n) is 20.7. The van der Waals surface area contributed by atoms with Crippen LogP contribution in [0.25, 0.3) is 21.8 Å². The Morgan fingerprint density at radius 3 is 1.59 bits per heavy atom. The van der Waals surface area contributed by atoms with Gasteiger partial charge in [-0.1, -0.05) is 36.4 Å². The molecule has 8 nitrogen and oxygen atoms in total. The maximum absolute atomic E-state index is 13.2. The molecule has 8 heteroatoms. The summed E-state index contributed by atoms with van der Waals surface area (Å²) in [7, 11) is 1.21. The Labute approximate surface area is 199 Å². The number of nitrogens with zero attached hydrogens (tertiary/aromatic N) is 2. The van der Waals surface area contributed by atoms with Crippen LogP contribution >= 0.6 is 0 Å². The summed E-state index contributed by atoms with van der Waals surface area (Å²) in [6.07, 6.45) is -1.98. The second-order valence-electron chi connectivity index (χ2n) is 10.0. The van der Waals surface area contributed by atoms with E-state index in [1.807, 2.05) is 53.1 Å². The summed E-state index contributed by atoms with van der Waals surface area (Å²) in [5, 5.41) is 1.98. The Morgan fingerprint density at radius 2 is 1.21 bits per heavy atom. The van der Waals surface area contributed by atoms with Crippen molar-refractivity contribution in [2.24, 2.45) is 0 Å². The fraction of sp³-hybridized carbons (Fsp3) is 0.423. The van der Waals surface area contributed by atoms with Crippen LogP contribution in [0.2, 0.25) is 0 Å². The minimum Gasteiger partial charge on any atom is -0.467 e. The van der Waals surface area contributed by atoms with Gasteiger partial charge in [-0.3, -0.25) is 0 Å². The zero-order chi connectivity index (χ0) is 25.3. The topological polar surface area (TPSA) is 87.1 Å². The number of rotatable bonds is 4. The number of methoxy groups -OCH3 is 1. The molecule has 0 saturated heterocycles. The molecule has 182 valence electrons. The Balaban J connectivity index is 2.15. The average Bonchev–Trinajstić information content (AvgIpc) is 3.04. The van der Waals surface area contributed by atoms with Crippen LogP contribution in [0.1, 0.15) is 41.5 Å². The summed E-state index contributed by atoms with van der Waals surface area (Å²) in [4.78, 5) is 40.1. The highest BCUT2D eigenvalue weighted by Gasteiger charge is 2.41. The highest BCUT2D eigenvalue weighted by atomic mass is 16.6. The molecule has 0 aliphatic heterocycles. The van der Waals surface area contributed by atoms with Crippen molar-refractivity contribution in [1.82, 2.24) is 9.47 Å². The van der Waals surface area contributed by atoms with Crippen molar-refractivity contribution < 1.29 is 28.6 Å². The van der Waals surface area contributed by atoms with Gasteiger partial charge in [-0.2, -0.15) is 4.90 Å². The fourth-order valence-electron chi connectivity index (χ4n) is 3.72. The Kier molecular flexibility index (Phi) is 6.91. The van der Waals surface area contributed by atoms with Gasteiger partial charge in [0.25, 0.3) is 0 Å². The van der Waals surface area contributed by atoms with E-state index in [9.17, 15) is 14.4 Å². The first-order valence-electron chi connectivity index (χ1n) is 11.1. The smallest absolute Gasteiger partial charge is 0.420 e. The number of ether oxygens (including phenoxy) is 3. The van der Waals surface area contributed by atoms with E-state index in [0.717, 1.165) is 21.8 Å². The second-order valence-corrected chi connectivity index (χ2v) is 10.0. The van der Waals surface area contributed by atoms with Crippen LogP contribution in [0.4, 0.5) is 9.59 Å². The van der Waals surface area contributed by atoms with Gasteiger partial charge in [-0.25, -0.2) is 14.4 Å². The van der Waals surface area contributed by atoms with Crippen LogP contribution in [-0.4, -0.2) is 52.0 Å². The fourth-order valence-corrected chi connectivity index (χ4v) is 3.72. The van der Waals surface area contributed by atoms with Gasteiger partial charge < -0.3 is 18.8 Å². The molecule has 1 atom stereocenters. The molecule has 2 amide bonds. The maximum Gasteiger partial charge on any atom is 0.420 e. The van der Waals surface area contributed by atoms with Crippen molar-refractivity contribution in [3.8, 4) is 0 Å². The molecular formula is C26H32N2O6. The molecule has 34 heavy (non-hydrogen) atoms. The summed E-state index contributed by atoms with van der Waals surface area (Å²) < 4.78 is 17.9. The van der Waals surface area contributed by atoms with E-state index < -0.39 is 35.4 Å². The molecular weight excluding hydrogens is 436 g/mol. The lowest BCUT2D eigenvalue weighted by Crippen LogP contribution is -2.53. The van der Waals surface area contributed by atoms with Gasteiger partial charge in [0.2, 0.25) is 0 Å². The standard InChI is InChI=1S/C26H32N2O6/c1-25(2,3)33-23(30)28(24(31)34-26(4,5)6)21(22(29)32-7)16-27-19-14-10-8-12-17(19)18-13-9-11-15-20(18)27/h8-15,21H,16H2,1-7H3. The molecule has 0 N–H and O–H groups in total. The first-order chi connectivity index (χ1) is 15.8. The van der Waals surface area contributed by atoms with Crippen LogP contribution in [0.5, 0.6) is 0 Å². The van der Waals surface area contributed by atoms with E-state index in [2.05, 4.69) is 0 Å². The number of carbonyl (C=O) groups excluding carboxylic acids is 3. The maximum atomic E-state index is 13.2. The summed E-state index contributed by atoms with van der Waals surface area (Å²) >= 11 is 0. The number of amides is 2. The second kappa shape index (κ2) is 9.37. The number of para-hydroxylation sites is 2. The molecule has 1 heterocycles. The summed E-state index contributed by atoms with van der Waals surface area (Å²) in [5.74, 6) is -0.765. The van der Waals surface area contributed by atoms with Crippen LogP contribution < -0.4 is 0 Å². The van der Waals surface area contributed by atoms with E-state index in [0.29, 0.717) is 4.90 Å². The molecule has 1 aromatic heterocycles. The van der Waals surface area contributed by atoms with Crippen LogP contribution in [0.3, 0.4) is 0 Å². The van der Waals surface area contributed by atoms with Crippen LogP contribution in [-0.2, 0) is 25.5 Å². The molecule has 0 saturated carbocycles. The predicted molar refractivity (Wildman–Crippen MR) is 130 cm³/mol. The SMILES string of the molecule is COC(=O)C(Cn1c2ccccc2c2ccccc21)N(C(=O)OC(C)(C)C)C(=O)OC(C)(C)C. The van der Waals surface area contributed by atoms with Crippen LogP contribution in [0.15, 0.2) is 48.5 Å². The van der Waals surface area contributed by atoms with Crippen molar-refractivity contribution in [2.45, 2.75) is 65.3 Å². The van der Waals surface area contributed by atoms with E-state index >= 15 is 0 Å². The van der Waals surface area contributed by atoms with Crippen molar-refractivity contribution in [1.29, 1.82) is 0 Å². The zero-order valence-corrected chi connectivity index (χ0v) is 20.7. The molecule has 3 rings (SSSR count). The molecule has 0 spiro atoms. The first-order valence-corrected chi connectivity index (χ1v) is 11.1. The lowest BCUT2D eigenvalue weighted by molar-refractivity contribution is -0.147. The number of imide groups is 1. The van der Waals surface area contributed by atoms with Crippen molar-refractivity contribution in [3.63, 3.8) is 0 Å². The normalized spacial score (nSPS) is 12.9. The monoisotopic (exact) mass is 468 g/mol. The summed E-state index contributed by atoms with van der Waals surface area (Å²) in [5.41, 5.74) is -0.0905. The number of benzene rings is 2. The van der Waals surface area contributed by atoms with Crippen molar-refractivity contribution >= 4 is 40.0 Å². The quantitative estimate of drug-likeness (QED) is 0.371. The first kappa shape index (κ1) is 25.1. The lowest BCUT2D eigenvalue weighted by Gasteiger charge is -2.32. The molecule has 1 unspecified atom stereocenters. The third-order valence-corrected chi connectivity index (χ3v) is 5.00. The number of esters is 1. The van der Waals surface area contributed by atoms with E-state index in [1.54, 1.807) is 41.5 Å². The Bertz CT molecular complexity index is 1130. The Hall–Kier alpha value is -3.55. The molecule has 0 aliphatic carbocycles. The highest BCUT2D eigenvalue weighted by molar-refractivity contribution is 6.08. The van der Waals surface area contributed by atoms with Gasteiger partial charge >= 0.3 is 18.2 Å². The number of hydrogen-bond acceptors (Lipinski definition) is 6. The number of aromatic nitrogens is 1. The summed E-state index contributed by atoms with van der Waals surface area (Å²) in [6.45, 7) is 10.0. The Morgan fingerprint density at radius 1 is 0.794 bits per heavy atom. The third kappa shape index (κ3) is 5.50. The molecule has 0 aliphatic rings. The highest BCUT2D eigenvalue weighted by Crippen LogP contribution is 2.30. The number of fused-ring (bicyclic) bond motifs is 3. The minimum absolute atomic E-state index is 0.0425. The molecule has 2 aromatic carbocycles.